The Labute approximate surface area is 160 Å². The van der Waals surface area contributed by atoms with Gasteiger partial charge < -0.3 is 16.7 Å². The van der Waals surface area contributed by atoms with Crippen LogP contribution in [0.3, 0.4) is 0 Å². The second-order valence-electron chi connectivity index (χ2n) is 6.05. The van der Waals surface area contributed by atoms with Crippen LogP contribution in [0.4, 0.5) is 10.1 Å². The lowest BCUT2D eigenvalue weighted by molar-refractivity contribution is 0.0695. The largest absolute Gasteiger partial charge is 0.478 e. The minimum absolute atomic E-state index is 0.0464. The lowest BCUT2D eigenvalue weighted by atomic mass is 10.2. The third kappa shape index (κ3) is 4.07. The van der Waals surface area contributed by atoms with Gasteiger partial charge in [-0.05, 0) is 43.3 Å². The molecular weight excluding hydrogens is 361 g/mol. The minimum Gasteiger partial charge on any atom is -0.478 e. The predicted molar refractivity (Wildman–Crippen MR) is 106 cm³/mol. The van der Waals surface area contributed by atoms with Crippen molar-refractivity contribution < 1.29 is 14.3 Å². The molecule has 2 aromatic heterocycles. The number of aromatic nitrogens is 3. The van der Waals surface area contributed by atoms with Gasteiger partial charge in [0, 0.05) is 29.0 Å². The smallest absolute Gasteiger partial charge is 0.339 e. The van der Waals surface area contributed by atoms with Gasteiger partial charge in [0.1, 0.15) is 5.82 Å². The zero-order valence-corrected chi connectivity index (χ0v) is 15.0. The van der Waals surface area contributed by atoms with Crippen LogP contribution < -0.4 is 11.6 Å². The van der Waals surface area contributed by atoms with E-state index in [1.807, 2.05) is 30.5 Å². The fourth-order valence-corrected chi connectivity index (χ4v) is 2.63. The number of carboxylic acids is 1. The molecule has 4 rings (SSSR count). The maximum Gasteiger partial charge on any atom is 0.339 e. The number of halogens is 1. The Morgan fingerprint density at radius 3 is 2.64 bits per heavy atom. The van der Waals surface area contributed by atoms with Crippen LogP contribution in [0.1, 0.15) is 16.1 Å². The summed E-state index contributed by atoms with van der Waals surface area (Å²) in [5.74, 6) is 4.46. The fraction of sp³-hybridized carbons (Fsp3) is 0.0500. The molecule has 8 heteroatoms. The molecule has 4 aromatic rings. The number of nitrogens with zero attached hydrogens (tertiary/aromatic N) is 3. The summed E-state index contributed by atoms with van der Waals surface area (Å²) in [6, 6.07) is 13.4. The van der Waals surface area contributed by atoms with Gasteiger partial charge in [-0.25, -0.2) is 19.2 Å². The van der Waals surface area contributed by atoms with E-state index in [1.165, 1.54) is 18.3 Å². The molecule has 0 unspecified atom stereocenters. The number of hydrogen-bond acceptors (Lipinski definition) is 5. The van der Waals surface area contributed by atoms with Crippen LogP contribution in [0, 0.1) is 12.7 Å². The molecule has 0 fully saturated rings. The van der Waals surface area contributed by atoms with E-state index in [0.29, 0.717) is 17.1 Å². The Bertz CT molecular complexity index is 1160. The molecule has 7 nitrogen and oxygen atoms in total. The summed E-state index contributed by atoms with van der Waals surface area (Å²) >= 11 is 0. The highest BCUT2D eigenvalue weighted by Crippen LogP contribution is 2.17. The average molecular weight is 379 g/mol. The van der Waals surface area contributed by atoms with Crippen LogP contribution in [0.5, 0.6) is 0 Å². The molecule has 0 bridgehead atoms. The van der Waals surface area contributed by atoms with Gasteiger partial charge in [-0.1, -0.05) is 12.1 Å². The third-order valence-corrected chi connectivity index (χ3v) is 4.04. The van der Waals surface area contributed by atoms with Crippen LogP contribution in [-0.4, -0.2) is 25.7 Å². The van der Waals surface area contributed by atoms with E-state index < -0.39 is 5.97 Å². The number of anilines is 1. The van der Waals surface area contributed by atoms with Crippen molar-refractivity contribution in [3.05, 3.63) is 78.0 Å². The number of aromatic carboxylic acids is 1. The van der Waals surface area contributed by atoms with E-state index in [2.05, 4.69) is 9.97 Å². The Hall–Kier alpha value is -3.94. The number of rotatable bonds is 2. The maximum absolute atomic E-state index is 13.0. The van der Waals surface area contributed by atoms with Crippen LogP contribution in [0.25, 0.3) is 22.3 Å². The molecular formula is C20H18FN5O2. The topological polar surface area (TPSA) is 120 Å². The normalized spacial score (nSPS) is 10.4. The number of benzene rings is 2. The van der Waals surface area contributed by atoms with Gasteiger partial charge in [0.2, 0.25) is 0 Å². The number of nitrogens with two attached hydrogens (primary N) is 2. The van der Waals surface area contributed by atoms with Crippen LogP contribution >= 0.6 is 0 Å². The van der Waals surface area contributed by atoms with Crippen molar-refractivity contribution in [1.29, 1.82) is 0 Å². The summed E-state index contributed by atoms with van der Waals surface area (Å²) in [5, 5.41) is 9.91. The molecule has 0 amide bonds. The number of carbonyl (C=O) groups is 1. The van der Waals surface area contributed by atoms with E-state index in [0.717, 1.165) is 16.6 Å². The molecule has 28 heavy (non-hydrogen) atoms. The van der Waals surface area contributed by atoms with Crippen molar-refractivity contribution in [2.75, 3.05) is 11.6 Å². The van der Waals surface area contributed by atoms with Crippen molar-refractivity contribution in [3.8, 4) is 11.4 Å². The first-order chi connectivity index (χ1) is 13.3. The summed E-state index contributed by atoms with van der Waals surface area (Å²) in [6.07, 6.45) is 3.04. The SMILES string of the molecule is Cc1nc(-c2cccc(F)c2)ncc1C(=O)O.Nc1ccc2c(ccn2N)c1. The van der Waals surface area contributed by atoms with Crippen LogP contribution in [-0.2, 0) is 0 Å². The van der Waals surface area contributed by atoms with Crippen molar-refractivity contribution in [1.82, 2.24) is 14.6 Å². The standard InChI is InChI=1S/C12H9FN2O2.C8H9N3/c1-7-10(12(16)17)6-14-11(15-7)8-3-2-4-9(13)5-8;9-7-1-2-8-6(5-7)3-4-11(8)10/h2-6H,1H3,(H,16,17);1-5H,9-10H2. The molecule has 5 N–H and O–H groups in total. The minimum atomic E-state index is -1.08. The zero-order chi connectivity index (χ0) is 20.3. The van der Waals surface area contributed by atoms with Crippen molar-refractivity contribution in [3.63, 3.8) is 0 Å². The van der Waals surface area contributed by atoms with E-state index >= 15 is 0 Å². The molecule has 0 saturated carbocycles. The number of hydrogen-bond donors (Lipinski definition) is 3. The van der Waals surface area contributed by atoms with Gasteiger partial charge in [0.05, 0.1) is 16.8 Å². The zero-order valence-electron chi connectivity index (χ0n) is 15.0. The maximum atomic E-state index is 13.0. The average Bonchev–Trinajstić information content (AvgIpc) is 3.02. The fourth-order valence-electron chi connectivity index (χ4n) is 2.63. The van der Waals surface area contributed by atoms with Crippen molar-refractivity contribution >= 4 is 22.6 Å². The number of fused-ring (bicyclic) bond motifs is 1. The first-order valence-electron chi connectivity index (χ1n) is 8.29. The second kappa shape index (κ2) is 7.75. The van der Waals surface area contributed by atoms with Gasteiger partial charge in [-0.15, -0.1) is 0 Å². The highest BCUT2D eigenvalue weighted by molar-refractivity contribution is 5.88. The van der Waals surface area contributed by atoms with E-state index in [1.54, 1.807) is 23.7 Å². The third-order valence-electron chi connectivity index (χ3n) is 4.04. The van der Waals surface area contributed by atoms with Gasteiger partial charge in [-0.3, -0.25) is 4.68 Å². The number of nitrogen functional groups attached to an aromatic ring is 2. The summed E-state index contributed by atoms with van der Waals surface area (Å²) in [4.78, 5) is 18.7. The highest BCUT2D eigenvalue weighted by atomic mass is 19.1. The quantitative estimate of drug-likeness (QED) is 0.363. The Morgan fingerprint density at radius 2 is 1.96 bits per heavy atom. The van der Waals surface area contributed by atoms with Gasteiger partial charge in [0.15, 0.2) is 5.82 Å². The molecule has 0 radical (unpaired) electrons. The summed E-state index contributed by atoms with van der Waals surface area (Å²) in [6.45, 7) is 1.58. The molecule has 142 valence electrons. The predicted octanol–water partition coefficient (Wildman–Crippen LogP) is 3.23. The van der Waals surface area contributed by atoms with Crippen LogP contribution in [0.15, 0.2) is 60.9 Å². The van der Waals surface area contributed by atoms with Gasteiger partial charge >= 0.3 is 5.97 Å². The molecule has 0 aliphatic heterocycles. The molecule has 0 aliphatic carbocycles. The molecule has 0 saturated heterocycles. The van der Waals surface area contributed by atoms with E-state index in [-0.39, 0.29) is 11.4 Å². The molecule has 2 heterocycles. The molecule has 0 atom stereocenters. The first-order valence-corrected chi connectivity index (χ1v) is 8.29. The second-order valence-corrected chi connectivity index (χ2v) is 6.05. The molecule has 2 aromatic carbocycles. The number of carboxylic acid groups (broad SMARTS) is 1. The number of aryl methyl sites for hydroxylation is 1. The summed E-state index contributed by atoms with van der Waals surface area (Å²) in [5.41, 5.74) is 8.27. The lowest BCUT2D eigenvalue weighted by Gasteiger charge is -2.03. The van der Waals surface area contributed by atoms with Crippen LogP contribution in [0.2, 0.25) is 0 Å². The van der Waals surface area contributed by atoms with E-state index in [4.69, 9.17) is 16.7 Å². The first kappa shape index (κ1) is 18.8. The van der Waals surface area contributed by atoms with Crippen molar-refractivity contribution in [2.45, 2.75) is 6.92 Å². The van der Waals surface area contributed by atoms with Gasteiger partial charge in [0.25, 0.3) is 0 Å². The summed E-state index contributed by atoms with van der Waals surface area (Å²) < 4.78 is 14.6. The Morgan fingerprint density at radius 1 is 1.18 bits per heavy atom. The van der Waals surface area contributed by atoms with E-state index in [9.17, 15) is 9.18 Å². The van der Waals surface area contributed by atoms with Gasteiger partial charge in [-0.2, -0.15) is 0 Å². The highest BCUT2D eigenvalue weighted by Gasteiger charge is 2.11. The Kier molecular flexibility index (Phi) is 5.21. The van der Waals surface area contributed by atoms with Crippen molar-refractivity contribution in [2.24, 2.45) is 0 Å². The monoisotopic (exact) mass is 379 g/mol. The Balaban J connectivity index is 0.000000176. The summed E-state index contributed by atoms with van der Waals surface area (Å²) in [7, 11) is 0. The lowest BCUT2D eigenvalue weighted by Crippen LogP contribution is -2.04. The molecule has 0 aliphatic rings. The molecule has 0 spiro atoms.